The van der Waals surface area contributed by atoms with Gasteiger partial charge in [-0.05, 0) is 24.6 Å². The van der Waals surface area contributed by atoms with Crippen molar-refractivity contribution in [1.82, 2.24) is 14.9 Å². The highest BCUT2D eigenvalue weighted by Crippen LogP contribution is 2.31. The Kier molecular flexibility index (Phi) is 5.73. The van der Waals surface area contributed by atoms with Gasteiger partial charge in [0.15, 0.2) is 0 Å². The molecule has 5 nitrogen and oxygen atoms in total. The van der Waals surface area contributed by atoms with E-state index in [9.17, 15) is 13.2 Å². The molecule has 140 valence electrons. The molecule has 1 saturated heterocycles. The first-order valence-electron chi connectivity index (χ1n) is 8.45. The molecular formula is C18H21F3N4O. The van der Waals surface area contributed by atoms with E-state index in [0.29, 0.717) is 25.6 Å². The zero-order chi connectivity index (χ0) is 18.6. The fourth-order valence-corrected chi connectivity index (χ4v) is 2.99. The second kappa shape index (κ2) is 8.01. The largest absolute Gasteiger partial charge is 0.416 e. The van der Waals surface area contributed by atoms with Gasteiger partial charge in [-0.2, -0.15) is 13.2 Å². The van der Waals surface area contributed by atoms with Gasteiger partial charge >= 0.3 is 6.18 Å². The average Bonchev–Trinajstić information content (AvgIpc) is 2.63. The standard InChI is InChI=1S/C18H21F3N4O/c1-13-10-22-12-17(24-13)23-11-16(25-6-8-26-9-7-25)14-2-4-15(5-3-14)18(19,20)21/h2-5,10,12,16H,6-9,11H2,1H3,(H,23,24). The number of ether oxygens (including phenoxy) is 1. The highest BCUT2D eigenvalue weighted by molar-refractivity contribution is 5.34. The van der Waals surface area contributed by atoms with Crippen LogP contribution in [0.4, 0.5) is 19.0 Å². The molecule has 0 bridgehead atoms. The minimum absolute atomic E-state index is 0.0801. The minimum atomic E-state index is -4.33. The third-order valence-electron chi connectivity index (χ3n) is 4.34. The Bertz CT molecular complexity index is 715. The van der Waals surface area contributed by atoms with Gasteiger partial charge in [-0.1, -0.05) is 12.1 Å². The molecule has 3 rings (SSSR count). The predicted molar refractivity (Wildman–Crippen MR) is 91.8 cm³/mol. The number of aromatic nitrogens is 2. The Labute approximate surface area is 150 Å². The van der Waals surface area contributed by atoms with Crippen molar-refractivity contribution in [3.05, 3.63) is 53.5 Å². The summed E-state index contributed by atoms with van der Waals surface area (Å²) < 4.78 is 43.9. The number of hydrogen-bond acceptors (Lipinski definition) is 5. The molecule has 1 aromatic heterocycles. The summed E-state index contributed by atoms with van der Waals surface area (Å²) in [5.41, 5.74) is 0.986. The number of halogens is 3. The zero-order valence-corrected chi connectivity index (χ0v) is 14.5. The smallest absolute Gasteiger partial charge is 0.379 e. The second-order valence-electron chi connectivity index (χ2n) is 6.21. The number of rotatable bonds is 5. The third-order valence-corrected chi connectivity index (χ3v) is 4.34. The van der Waals surface area contributed by atoms with Crippen LogP contribution in [0.15, 0.2) is 36.7 Å². The van der Waals surface area contributed by atoms with Crippen LogP contribution >= 0.6 is 0 Å². The second-order valence-corrected chi connectivity index (χ2v) is 6.21. The fraction of sp³-hybridized carbons (Fsp3) is 0.444. The fourth-order valence-electron chi connectivity index (χ4n) is 2.99. The molecular weight excluding hydrogens is 345 g/mol. The van der Waals surface area contributed by atoms with Crippen LogP contribution in [0.1, 0.15) is 22.9 Å². The van der Waals surface area contributed by atoms with E-state index in [1.54, 1.807) is 24.5 Å². The van der Waals surface area contributed by atoms with Crippen molar-refractivity contribution >= 4 is 5.82 Å². The lowest BCUT2D eigenvalue weighted by Crippen LogP contribution is -2.41. The lowest BCUT2D eigenvalue weighted by atomic mass is 10.0. The van der Waals surface area contributed by atoms with Gasteiger partial charge in [0, 0.05) is 25.8 Å². The molecule has 1 N–H and O–H groups in total. The van der Waals surface area contributed by atoms with Crippen LogP contribution in [0.5, 0.6) is 0 Å². The van der Waals surface area contributed by atoms with Crippen LogP contribution in [-0.2, 0) is 10.9 Å². The number of hydrogen-bond donors (Lipinski definition) is 1. The van der Waals surface area contributed by atoms with Gasteiger partial charge in [-0.15, -0.1) is 0 Å². The zero-order valence-electron chi connectivity index (χ0n) is 14.5. The number of nitrogens with one attached hydrogen (secondary N) is 1. The highest BCUT2D eigenvalue weighted by Gasteiger charge is 2.31. The minimum Gasteiger partial charge on any atom is -0.379 e. The van der Waals surface area contributed by atoms with Gasteiger partial charge in [-0.3, -0.25) is 9.88 Å². The summed E-state index contributed by atoms with van der Waals surface area (Å²) in [5.74, 6) is 0.648. The van der Waals surface area contributed by atoms with Crippen LogP contribution in [-0.4, -0.2) is 47.7 Å². The van der Waals surface area contributed by atoms with Crippen molar-refractivity contribution in [2.75, 3.05) is 38.2 Å². The Morgan fingerprint density at radius 2 is 1.85 bits per heavy atom. The van der Waals surface area contributed by atoms with Crippen molar-refractivity contribution in [3.63, 3.8) is 0 Å². The summed E-state index contributed by atoms with van der Waals surface area (Å²) in [7, 11) is 0. The molecule has 1 atom stereocenters. The molecule has 1 aliphatic rings. The van der Waals surface area contributed by atoms with E-state index >= 15 is 0 Å². The van der Waals surface area contributed by atoms with Crippen molar-refractivity contribution < 1.29 is 17.9 Å². The van der Waals surface area contributed by atoms with Gasteiger partial charge in [0.1, 0.15) is 5.82 Å². The van der Waals surface area contributed by atoms with Crippen LogP contribution in [0.3, 0.4) is 0 Å². The Morgan fingerprint density at radius 3 is 2.46 bits per heavy atom. The van der Waals surface area contributed by atoms with Crippen molar-refractivity contribution in [1.29, 1.82) is 0 Å². The first-order chi connectivity index (χ1) is 12.4. The molecule has 0 spiro atoms. The lowest BCUT2D eigenvalue weighted by Gasteiger charge is -2.35. The van der Waals surface area contributed by atoms with Gasteiger partial charge in [0.05, 0.1) is 36.7 Å². The first kappa shape index (κ1) is 18.6. The monoisotopic (exact) mass is 366 g/mol. The summed E-state index contributed by atoms with van der Waals surface area (Å²) in [6.07, 6.45) is -1.03. The summed E-state index contributed by atoms with van der Waals surface area (Å²) in [4.78, 5) is 10.7. The molecule has 2 heterocycles. The van der Waals surface area contributed by atoms with Crippen molar-refractivity contribution in [2.45, 2.75) is 19.1 Å². The molecule has 1 aromatic carbocycles. The molecule has 0 amide bonds. The Balaban J connectivity index is 1.78. The summed E-state index contributed by atoms with van der Waals surface area (Å²) in [6, 6.07) is 5.28. The summed E-state index contributed by atoms with van der Waals surface area (Å²) in [5, 5.41) is 3.25. The van der Waals surface area contributed by atoms with Gasteiger partial charge in [0.2, 0.25) is 0 Å². The van der Waals surface area contributed by atoms with Crippen molar-refractivity contribution in [2.24, 2.45) is 0 Å². The topological polar surface area (TPSA) is 50.3 Å². The molecule has 26 heavy (non-hydrogen) atoms. The van der Waals surface area contributed by atoms with E-state index < -0.39 is 11.7 Å². The van der Waals surface area contributed by atoms with Gasteiger partial charge in [0.25, 0.3) is 0 Å². The van der Waals surface area contributed by atoms with Crippen LogP contribution in [0.25, 0.3) is 0 Å². The molecule has 1 unspecified atom stereocenters. The molecule has 1 fully saturated rings. The van der Waals surface area contributed by atoms with E-state index in [4.69, 9.17) is 4.74 Å². The molecule has 0 saturated carbocycles. The predicted octanol–water partition coefficient (Wildman–Crippen LogP) is 3.29. The number of morpholine rings is 1. The normalized spacial score (nSPS) is 17.1. The summed E-state index contributed by atoms with van der Waals surface area (Å²) >= 11 is 0. The Morgan fingerprint density at radius 1 is 1.15 bits per heavy atom. The summed E-state index contributed by atoms with van der Waals surface area (Å²) in [6.45, 7) is 5.06. The molecule has 0 aliphatic carbocycles. The Hall–Kier alpha value is -2.19. The highest BCUT2D eigenvalue weighted by atomic mass is 19.4. The quantitative estimate of drug-likeness (QED) is 0.880. The van der Waals surface area contributed by atoms with Gasteiger partial charge in [-0.25, -0.2) is 4.98 Å². The maximum Gasteiger partial charge on any atom is 0.416 e. The maximum atomic E-state index is 12.8. The molecule has 8 heteroatoms. The average molecular weight is 366 g/mol. The van der Waals surface area contributed by atoms with E-state index in [1.165, 1.54) is 0 Å². The van der Waals surface area contributed by atoms with E-state index in [2.05, 4.69) is 20.2 Å². The molecule has 1 aliphatic heterocycles. The SMILES string of the molecule is Cc1cncc(NCC(c2ccc(C(F)(F)F)cc2)N2CCOCC2)n1. The number of aryl methyl sites for hydroxylation is 1. The maximum absolute atomic E-state index is 12.8. The van der Waals surface area contributed by atoms with E-state index in [1.807, 2.05) is 6.92 Å². The number of alkyl halides is 3. The lowest BCUT2D eigenvalue weighted by molar-refractivity contribution is -0.137. The molecule has 2 aromatic rings. The number of nitrogens with zero attached hydrogens (tertiary/aromatic N) is 3. The van der Waals surface area contributed by atoms with Crippen LogP contribution in [0, 0.1) is 6.92 Å². The molecule has 0 radical (unpaired) electrons. The van der Waals surface area contributed by atoms with Crippen LogP contribution < -0.4 is 5.32 Å². The van der Waals surface area contributed by atoms with Crippen LogP contribution in [0.2, 0.25) is 0 Å². The first-order valence-corrected chi connectivity index (χ1v) is 8.45. The van der Waals surface area contributed by atoms with Gasteiger partial charge < -0.3 is 10.1 Å². The third kappa shape index (κ3) is 4.70. The van der Waals surface area contributed by atoms with E-state index in [0.717, 1.165) is 36.5 Å². The number of anilines is 1. The van der Waals surface area contributed by atoms with E-state index in [-0.39, 0.29) is 6.04 Å². The number of benzene rings is 1. The van der Waals surface area contributed by atoms with Crippen molar-refractivity contribution in [3.8, 4) is 0 Å².